The molecule has 0 fully saturated rings. The number of anilines is 1. The van der Waals surface area contributed by atoms with Crippen LogP contribution in [0.25, 0.3) is 0 Å². The van der Waals surface area contributed by atoms with Gasteiger partial charge in [-0.2, -0.15) is 0 Å². The third kappa shape index (κ3) is 4.95. The van der Waals surface area contributed by atoms with Crippen molar-refractivity contribution in [1.29, 1.82) is 0 Å². The van der Waals surface area contributed by atoms with Gasteiger partial charge in [-0.15, -0.1) is 11.8 Å². The predicted octanol–water partition coefficient (Wildman–Crippen LogP) is 3.18. The van der Waals surface area contributed by atoms with Crippen molar-refractivity contribution < 1.29 is 10.2 Å². The molecule has 0 radical (unpaired) electrons. The highest BCUT2D eigenvalue weighted by molar-refractivity contribution is 7.99. The molecule has 0 aliphatic rings. The summed E-state index contributed by atoms with van der Waals surface area (Å²) in [5.41, 5.74) is 2.53. The second kappa shape index (κ2) is 7.90. The van der Waals surface area contributed by atoms with E-state index in [-0.39, 0.29) is 12.4 Å². The zero-order chi connectivity index (χ0) is 15.1. The number of benzene rings is 1. The number of hydrogen-bond acceptors (Lipinski definition) is 5. The molecule has 0 saturated carbocycles. The average molecular weight is 304 g/mol. The SMILES string of the molecule is Cc1ccc(O)c(CNc2ccc(SCCCO)cc2)n1. The summed E-state index contributed by atoms with van der Waals surface area (Å²) in [7, 11) is 0. The highest BCUT2D eigenvalue weighted by Crippen LogP contribution is 2.22. The molecule has 0 unspecified atom stereocenters. The van der Waals surface area contributed by atoms with E-state index >= 15 is 0 Å². The first-order valence-corrected chi connectivity index (χ1v) is 7.90. The van der Waals surface area contributed by atoms with Crippen molar-refractivity contribution in [2.45, 2.75) is 24.8 Å². The van der Waals surface area contributed by atoms with Crippen LogP contribution in [-0.4, -0.2) is 27.6 Å². The van der Waals surface area contributed by atoms with Gasteiger partial charge < -0.3 is 15.5 Å². The van der Waals surface area contributed by atoms with Crippen LogP contribution >= 0.6 is 11.8 Å². The van der Waals surface area contributed by atoms with Gasteiger partial charge in [0, 0.05) is 28.6 Å². The third-order valence-corrected chi connectivity index (χ3v) is 4.07. The van der Waals surface area contributed by atoms with E-state index in [2.05, 4.69) is 10.3 Å². The van der Waals surface area contributed by atoms with Crippen LogP contribution in [0.5, 0.6) is 5.75 Å². The van der Waals surface area contributed by atoms with E-state index in [0.717, 1.165) is 23.6 Å². The molecule has 5 heteroatoms. The number of pyridine rings is 1. The molecule has 0 aliphatic heterocycles. The third-order valence-electron chi connectivity index (χ3n) is 2.97. The van der Waals surface area contributed by atoms with E-state index in [9.17, 15) is 5.11 Å². The monoisotopic (exact) mass is 304 g/mol. The molecule has 0 atom stereocenters. The molecule has 0 spiro atoms. The fraction of sp³-hybridized carbons (Fsp3) is 0.312. The largest absolute Gasteiger partial charge is 0.506 e. The first kappa shape index (κ1) is 15.7. The normalized spacial score (nSPS) is 10.6. The van der Waals surface area contributed by atoms with E-state index in [1.54, 1.807) is 23.9 Å². The van der Waals surface area contributed by atoms with Crippen LogP contribution in [0.2, 0.25) is 0 Å². The highest BCUT2D eigenvalue weighted by atomic mass is 32.2. The van der Waals surface area contributed by atoms with Gasteiger partial charge in [-0.25, -0.2) is 0 Å². The first-order chi connectivity index (χ1) is 10.2. The van der Waals surface area contributed by atoms with E-state index < -0.39 is 0 Å². The average Bonchev–Trinajstić information content (AvgIpc) is 2.50. The lowest BCUT2D eigenvalue weighted by Gasteiger charge is -2.09. The van der Waals surface area contributed by atoms with Crippen LogP contribution in [-0.2, 0) is 6.54 Å². The van der Waals surface area contributed by atoms with Crippen molar-refractivity contribution in [2.75, 3.05) is 17.7 Å². The van der Waals surface area contributed by atoms with Crippen LogP contribution in [0.15, 0.2) is 41.3 Å². The molecule has 0 amide bonds. The Morgan fingerprint density at radius 1 is 1.14 bits per heavy atom. The number of nitrogens with one attached hydrogen (secondary N) is 1. The fourth-order valence-corrected chi connectivity index (χ4v) is 2.68. The topological polar surface area (TPSA) is 65.4 Å². The van der Waals surface area contributed by atoms with Crippen molar-refractivity contribution >= 4 is 17.4 Å². The lowest BCUT2D eigenvalue weighted by atomic mass is 10.2. The second-order valence-corrected chi connectivity index (χ2v) is 5.89. The Hall–Kier alpha value is -1.72. The number of aromatic nitrogens is 1. The number of aliphatic hydroxyl groups is 1. The summed E-state index contributed by atoms with van der Waals surface area (Å²) in [5.74, 6) is 1.13. The summed E-state index contributed by atoms with van der Waals surface area (Å²) >= 11 is 1.73. The number of aryl methyl sites for hydroxylation is 1. The number of aromatic hydroxyl groups is 1. The number of nitrogens with zero attached hydrogens (tertiary/aromatic N) is 1. The van der Waals surface area contributed by atoms with E-state index in [1.165, 1.54) is 4.90 Å². The van der Waals surface area contributed by atoms with Gasteiger partial charge in [0.05, 0.1) is 6.54 Å². The summed E-state index contributed by atoms with van der Waals surface area (Å²) in [5, 5.41) is 21.8. The van der Waals surface area contributed by atoms with E-state index in [4.69, 9.17) is 5.11 Å². The van der Waals surface area contributed by atoms with Crippen LogP contribution in [0, 0.1) is 6.92 Å². The standard InChI is InChI=1S/C16H20N2O2S/c1-12-3-8-16(20)15(18-12)11-17-13-4-6-14(7-5-13)21-10-2-9-19/h3-8,17,19-20H,2,9-11H2,1H3. The highest BCUT2D eigenvalue weighted by Gasteiger charge is 2.03. The molecule has 2 aromatic rings. The van der Waals surface area contributed by atoms with Gasteiger partial charge in [-0.1, -0.05) is 0 Å². The van der Waals surface area contributed by atoms with Gasteiger partial charge in [0.25, 0.3) is 0 Å². The Morgan fingerprint density at radius 2 is 1.90 bits per heavy atom. The number of aliphatic hydroxyl groups excluding tert-OH is 1. The summed E-state index contributed by atoms with van der Waals surface area (Å²) in [6.45, 7) is 2.63. The Balaban J connectivity index is 1.90. The summed E-state index contributed by atoms with van der Waals surface area (Å²) in [6, 6.07) is 11.6. The van der Waals surface area contributed by atoms with E-state index in [1.807, 2.05) is 31.2 Å². The Bertz CT molecular complexity index is 573. The van der Waals surface area contributed by atoms with Crippen molar-refractivity contribution in [3.8, 4) is 5.75 Å². The quantitative estimate of drug-likeness (QED) is 0.541. The maximum absolute atomic E-state index is 9.75. The molecule has 1 aromatic heterocycles. The molecule has 0 saturated heterocycles. The Kier molecular flexibility index (Phi) is 5.90. The molecule has 1 aromatic carbocycles. The van der Waals surface area contributed by atoms with Gasteiger partial charge >= 0.3 is 0 Å². The molecule has 3 N–H and O–H groups in total. The number of thioether (sulfide) groups is 1. The minimum atomic E-state index is 0.212. The zero-order valence-corrected chi connectivity index (χ0v) is 12.9. The molecule has 112 valence electrons. The van der Waals surface area contributed by atoms with Gasteiger partial charge in [-0.05, 0) is 49.7 Å². The van der Waals surface area contributed by atoms with E-state index in [0.29, 0.717) is 12.2 Å². The Labute approximate surface area is 129 Å². The van der Waals surface area contributed by atoms with Crippen LogP contribution in [0.1, 0.15) is 17.8 Å². The smallest absolute Gasteiger partial charge is 0.138 e. The lowest BCUT2D eigenvalue weighted by Crippen LogP contribution is -2.02. The van der Waals surface area contributed by atoms with Crippen molar-refractivity contribution in [1.82, 2.24) is 4.98 Å². The minimum Gasteiger partial charge on any atom is -0.506 e. The number of hydrogen-bond donors (Lipinski definition) is 3. The van der Waals surface area contributed by atoms with Crippen molar-refractivity contribution in [2.24, 2.45) is 0 Å². The lowest BCUT2D eigenvalue weighted by molar-refractivity contribution is 0.296. The molecule has 21 heavy (non-hydrogen) atoms. The molecular formula is C16H20N2O2S. The maximum Gasteiger partial charge on any atom is 0.138 e. The second-order valence-electron chi connectivity index (χ2n) is 4.72. The number of rotatable bonds is 7. The minimum absolute atomic E-state index is 0.212. The van der Waals surface area contributed by atoms with Gasteiger partial charge in [-0.3, -0.25) is 4.98 Å². The Morgan fingerprint density at radius 3 is 2.62 bits per heavy atom. The maximum atomic E-state index is 9.75. The van der Waals surface area contributed by atoms with Crippen molar-refractivity contribution in [3.05, 3.63) is 47.8 Å². The molecule has 0 bridgehead atoms. The summed E-state index contributed by atoms with van der Waals surface area (Å²) < 4.78 is 0. The predicted molar refractivity (Wildman–Crippen MR) is 86.8 cm³/mol. The molecule has 0 aliphatic carbocycles. The fourth-order valence-electron chi connectivity index (χ4n) is 1.84. The van der Waals surface area contributed by atoms with Crippen LogP contribution in [0.3, 0.4) is 0 Å². The zero-order valence-electron chi connectivity index (χ0n) is 12.0. The van der Waals surface area contributed by atoms with Crippen molar-refractivity contribution in [3.63, 3.8) is 0 Å². The first-order valence-electron chi connectivity index (χ1n) is 6.92. The van der Waals surface area contributed by atoms with Gasteiger partial charge in [0.1, 0.15) is 11.4 Å². The molecule has 2 rings (SSSR count). The van der Waals surface area contributed by atoms with Gasteiger partial charge in [0.15, 0.2) is 0 Å². The van der Waals surface area contributed by atoms with Gasteiger partial charge in [0.2, 0.25) is 0 Å². The molecule has 4 nitrogen and oxygen atoms in total. The molecule has 1 heterocycles. The summed E-state index contributed by atoms with van der Waals surface area (Å²) in [4.78, 5) is 5.50. The summed E-state index contributed by atoms with van der Waals surface area (Å²) in [6.07, 6.45) is 0.809. The van der Waals surface area contributed by atoms with Crippen LogP contribution in [0.4, 0.5) is 5.69 Å². The van der Waals surface area contributed by atoms with Crippen LogP contribution < -0.4 is 5.32 Å². The molecular weight excluding hydrogens is 284 g/mol.